The zero-order valence-electron chi connectivity index (χ0n) is 37.1. The van der Waals surface area contributed by atoms with Crippen LogP contribution in [0.3, 0.4) is 0 Å². The first kappa shape index (κ1) is 50.6. The van der Waals surface area contributed by atoms with Crippen LogP contribution in [0.15, 0.2) is 48.2 Å². The molecule has 14 heteroatoms. The third kappa shape index (κ3) is 14.1. The molecule has 1 saturated heterocycles. The van der Waals surface area contributed by atoms with E-state index < -0.39 is 84.3 Å². The molecule has 3 N–H and O–H groups in total. The first-order valence-corrected chi connectivity index (χ1v) is 21.0. The molecule has 0 saturated carbocycles. The van der Waals surface area contributed by atoms with Gasteiger partial charge in [0.1, 0.15) is 17.5 Å². The number of esters is 1. The molecule has 3 heterocycles. The van der Waals surface area contributed by atoms with Gasteiger partial charge in [-0.1, -0.05) is 70.6 Å². The maximum Gasteiger partial charge on any atom is 0.331 e. The molecule has 3 rings (SSSR count). The van der Waals surface area contributed by atoms with Crippen LogP contribution in [0, 0.1) is 29.6 Å². The third-order valence-electron chi connectivity index (χ3n) is 12.7. The number of ether oxygens (including phenoxy) is 7. The summed E-state index contributed by atoms with van der Waals surface area (Å²) >= 11 is 0. The number of hydrogen-bond donors (Lipinski definition) is 3. The summed E-state index contributed by atoms with van der Waals surface area (Å²) in [5, 5.41) is 33.6. The van der Waals surface area contributed by atoms with Crippen molar-refractivity contribution in [2.24, 2.45) is 29.6 Å². The van der Waals surface area contributed by atoms with Crippen molar-refractivity contribution in [3.8, 4) is 0 Å². The first-order chi connectivity index (χ1) is 28.0. The maximum absolute atomic E-state index is 13.5. The molecular weight excluding hydrogens is 762 g/mol. The van der Waals surface area contributed by atoms with Gasteiger partial charge in [-0.15, -0.1) is 0 Å². The monoisotopic (exact) mass is 836 g/mol. The molecule has 0 radical (unpaired) electrons. The van der Waals surface area contributed by atoms with Gasteiger partial charge in [0.05, 0.1) is 61.5 Å². The van der Waals surface area contributed by atoms with Crippen molar-refractivity contribution in [3.63, 3.8) is 0 Å². The molecule has 0 aromatic rings. The van der Waals surface area contributed by atoms with Gasteiger partial charge in [0, 0.05) is 97.1 Å². The maximum atomic E-state index is 13.5. The van der Waals surface area contributed by atoms with Crippen LogP contribution in [0.2, 0.25) is 0 Å². The number of carbonyl (C=O) groups is 3. The van der Waals surface area contributed by atoms with E-state index in [-0.39, 0.29) is 36.6 Å². The van der Waals surface area contributed by atoms with Gasteiger partial charge in [0.15, 0.2) is 0 Å². The Morgan fingerprint density at radius 2 is 1.69 bits per heavy atom. The Kier molecular flexibility index (Phi) is 20.6. The number of ketones is 1. The molecule has 1 spiro atoms. The molecule has 0 unspecified atom stereocenters. The topological polar surface area (TPSA) is 183 Å². The molecule has 2 bridgehead atoms. The highest BCUT2D eigenvalue weighted by molar-refractivity contribution is 5.82. The Labute approximate surface area is 351 Å². The number of rotatable bonds is 16. The van der Waals surface area contributed by atoms with E-state index >= 15 is 0 Å². The number of fused-ring (bicyclic) bond motifs is 2. The van der Waals surface area contributed by atoms with E-state index in [1.54, 1.807) is 48.6 Å². The van der Waals surface area contributed by atoms with Crippen LogP contribution >= 0.6 is 0 Å². The fourth-order valence-electron chi connectivity index (χ4n) is 8.69. The summed E-state index contributed by atoms with van der Waals surface area (Å²) in [6.45, 7) is 11.5. The van der Waals surface area contributed by atoms with Gasteiger partial charge in [-0.3, -0.25) is 9.59 Å². The quantitative estimate of drug-likeness (QED) is 0.0865. The fourth-order valence-corrected chi connectivity index (χ4v) is 8.69. The van der Waals surface area contributed by atoms with Crippen LogP contribution in [-0.2, 0) is 47.5 Å². The van der Waals surface area contributed by atoms with Gasteiger partial charge in [-0.2, -0.15) is 0 Å². The molecule has 3 aliphatic rings. The van der Waals surface area contributed by atoms with Crippen molar-refractivity contribution in [1.82, 2.24) is 4.90 Å². The third-order valence-corrected chi connectivity index (χ3v) is 12.7. The predicted molar refractivity (Wildman–Crippen MR) is 222 cm³/mol. The molecule has 0 aromatic carbocycles. The lowest BCUT2D eigenvalue weighted by Crippen LogP contribution is -2.50. The number of amides is 1. The van der Waals surface area contributed by atoms with Crippen LogP contribution < -0.4 is 0 Å². The molecule has 1 fully saturated rings. The first-order valence-electron chi connectivity index (χ1n) is 21.0. The lowest BCUT2D eigenvalue weighted by Gasteiger charge is -2.39. The zero-order chi connectivity index (χ0) is 44.0. The highest BCUT2D eigenvalue weighted by atomic mass is 16.6. The minimum atomic E-state index is -1.21. The van der Waals surface area contributed by atoms with Crippen molar-refractivity contribution < 1.29 is 62.9 Å². The lowest BCUT2D eigenvalue weighted by molar-refractivity contribution is -0.159. The van der Waals surface area contributed by atoms with Crippen LogP contribution in [0.1, 0.15) is 80.1 Å². The Morgan fingerprint density at radius 3 is 2.29 bits per heavy atom. The number of cyclic esters (lactones) is 1. The van der Waals surface area contributed by atoms with Crippen LogP contribution in [0.25, 0.3) is 0 Å². The summed E-state index contributed by atoms with van der Waals surface area (Å²) < 4.78 is 42.7. The lowest BCUT2D eigenvalue weighted by atomic mass is 9.78. The molecule has 336 valence electrons. The summed E-state index contributed by atoms with van der Waals surface area (Å²) in [5.74, 6) is -2.65. The molecule has 16 atom stereocenters. The van der Waals surface area contributed by atoms with Crippen LogP contribution in [0.5, 0.6) is 0 Å². The van der Waals surface area contributed by atoms with Gasteiger partial charge in [0.25, 0.3) is 0 Å². The number of aliphatic hydroxyl groups excluding tert-OH is 3. The molecule has 59 heavy (non-hydrogen) atoms. The van der Waals surface area contributed by atoms with E-state index in [9.17, 15) is 29.7 Å². The second-order valence-electron chi connectivity index (χ2n) is 17.0. The van der Waals surface area contributed by atoms with E-state index in [2.05, 4.69) is 0 Å². The fraction of sp³-hybridized carbons (Fsp3) is 0.756. The predicted octanol–water partition coefficient (Wildman–Crippen LogP) is 4.34. The molecule has 0 aromatic heterocycles. The smallest absolute Gasteiger partial charge is 0.331 e. The van der Waals surface area contributed by atoms with Crippen molar-refractivity contribution in [3.05, 3.63) is 48.2 Å². The van der Waals surface area contributed by atoms with Gasteiger partial charge in [-0.25, -0.2) is 4.79 Å². The number of Topliss-reactive ketones (excluding diaryl/α,β-unsaturated/α-hetero) is 1. The average molecular weight is 836 g/mol. The normalized spacial score (nSPS) is 35.7. The van der Waals surface area contributed by atoms with Crippen molar-refractivity contribution >= 4 is 18.2 Å². The van der Waals surface area contributed by atoms with Crippen LogP contribution in [0.4, 0.5) is 0 Å². The number of nitrogens with zero attached hydrogens (tertiary/aromatic N) is 1. The number of aliphatic hydroxyl groups is 3. The second kappa shape index (κ2) is 24.0. The summed E-state index contributed by atoms with van der Waals surface area (Å²) in [6, 6.07) is 0. The standard InChI is InChI=1S/C45H73NO13/c1-27-15-18-41(51)59-44(32(6)42(52)28(2)16-17-35(48)30(4)43(56-11)29(3)19-20-46(7)26-47)31(5)38(53-8)24-40(55-10)45(25-57-45)39(54-9)23-34-14-12-13-33(58-34)22-37(50)36(49)21-27/h12-13,15,18-21,26,28-34,36-40,42-44,49-50,52H,14,16-17,22-25H2,1-11H3/b18-15+,20-19+,27-21+/t28-,29+,30-,31-,32-,33-,34-,36-,37+,38+,39-,40-,42-,43+,44-,45-/m0/s1. The summed E-state index contributed by atoms with van der Waals surface area (Å²) in [5.41, 5.74) is -0.255. The molecule has 3 aliphatic heterocycles. The minimum Gasteiger partial charge on any atom is -0.458 e. The Balaban J connectivity index is 1.89. The zero-order valence-corrected chi connectivity index (χ0v) is 37.1. The molecule has 0 aliphatic carbocycles. The Hall–Kier alpha value is -2.79. The summed E-state index contributed by atoms with van der Waals surface area (Å²) in [4.78, 5) is 39.4. The van der Waals surface area contributed by atoms with Crippen molar-refractivity contribution in [1.29, 1.82) is 0 Å². The number of hydrogen-bond acceptors (Lipinski definition) is 13. The largest absolute Gasteiger partial charge is 0.458 e. The minimum absolute atomic E-state index is 0.0111. The molecule has 14 nitrogen and oxygen atoms in total. The van der Waals surface area contributed by atoms with Gasteiger partial charge < -0.3 is 53.4 Å². The summed E-state index contributed by atoms with van der Waals surface area (Å²) in [7, 11) is 8.03. The second-order valence-corrected chi connectivity index (χ2v) is 17.0. The van der Waals surface area contributed by atoms with E-state index in [1.807, 2.05) is 52.8 Å². The average Bonchev–Trinajstić information content (AvgIpc) is 4.03. The highest BCUT2D eigenvalue weighted by Gasteiger charge is 2.59. The van der Waals surface area contributed by atoms with Crippen molar-refractivity contribution in [2.75, 3.05) is 42.1 Å². The number of methoxy groups -OCH3 is 4. The SMILES string of the molecule is CO[C@H]([C@H](C)/C=C/N(C)C=O)[C@@H](C)C(=O)CC[C@H](C)[C@H](O)[C@H](C)[C@H]1OC(=O)/C=C/C(C)=C/[C@H](O)[C@H](O)C[C@@H]2C=CC[C@@H](C[C@H](OC)[C@@]3(CO3)[C@@H](OC)C[C@@H](OC)[C@@H]1C)O2. The van der Waals surface area contributed by atoms with Gasteiger partial charge in [-0.05, 0) is 25.7 Å². The number of allylic oxidation sites excluding steroid dienone is 2. The van der Waals surface area contributed by atoms with Gasteiger partial charge >= 0.3 is 5.97 Å². The Morgan fingerprint density at radius 1 is 1.03 bits per heavy atom. The summed E-state index contributed by atoms with van der Waals surface area (Å²) in [6.07, 6.45) is 8.00. The highest BCUT2D eigenvalue weighted by Crippen LogP contribution is 2.43. The van der Waals surface area contributed by atoms with Gasteiger partial charge in [0.2, 0.25) is 6.41 Å². The van der Waals surface area contributed by atoms with E-state index in [1.165, 1.54) is 23.1 Å². The molecular formula is C45H73NO13. The number of epoxide rings is 1. The number of carbonyl (C=O) groups excluding carboxylic acids is 3. The van der Waals surface area contributed by atoms with E-state index in [0.717, 1.165) is 0 Å². The van der Waals surface area contributed by atoms with E-state index in [0.29, 0.717) is 44.3 Å². The molecule has 1 amide bonds. The Bertz CT molecular complexity index is 1440. The van der Waals surface area contributed by atoms with Crippen molar-refractivity contribution in [2.45, 2.75) is 147 Å². The van der Waals surface area contributed by atoms with Crippen LogP contribution in [-0.4, -0.2) is 147 Å². The van der Waals surface area contributed by atoms with E-state index in [4.69, 9.17) is 33.2 Å².